The van der Waals surface area contributed by atoms with Gasteiger partial charge < -0.3 is 14.6 Å². The molecule has 2 aromatic rings. The fourth-order valence-corrected chi connectivity index (χ4v) is 4.20. The quantitative estimate of drug-likeness (QED) is 0.827. The Hall–Kier alpha value is -2.82. The molecule has 0 saturated heterocycles. The van der Waals surface area contributed by atoms with E-state index in [2.05, 4.69) is 0 Å². The van der Waals surface area contributed by atoms with Gasteiger partial charge in [0, 0.05) is 23.8 Å². The van der Waals surface area contributed by atoms with Crippen LogP contribution in [0.15, 0.2) is 36.4 Å². The summed E-state index contributed by atoms with van der Waals surface area (Å²) in [5, 5.41) is 10.8. The summed E-state index contributed by atoms with van der Waals surface area (Å²) in [6, 6.07) is 9.59. The van der Waals surface area contributed by atoms with Gasteiger partial charge in [-0.1, -0.05) is 25.1 Å². The van der Waals surface area contributed by atoms with E-state index in [0.717, 1.165) is 27.7 Å². The first kappa shape index (κ1) is 15.7. The first-order chi connectivity index (χ1) is 11.9. The van der Waals surface area contributed by atoms with E-state index in [1.807, 2.05) is 43.3 Å². The van der Waals surface area contributed by atoms with Gasteiger partial charge in [-0.05, 0) is 40.1 Å². The minimum atomic E-state index is -1.30. The van der Waals surface area contributed by atoms with E-state index >= 15 is 0 Å². The SMILES string of the molecule is COc1ccc2c3c(ccc2c1)C1=CC[C@H](OC(=O)O)[C@@]1(C)CC3=O. The van der Waals surface area contributed by atoms with Crippen LogP contribution < -0.4 is 4.74 Å². The second kappa shape index (κ2) is 5.34. The van der Waals surface area contributed by atoms with Gasteiger partial charge in [0.15, 0.2) is 5.78 Å². The molecule has 0 bridgehead atoms. The van der Waals surface area contributed by atoms with Crippen molar-refractivity contribution in [2.45, 2.75) is 25.9 Å². The number of hydrogen-bond donors (Lipinski definition) is 1. The Morgan fingerprint density at radius 3 is 2.80 bits per heavy atom. The maximum absolute atomic E-state index is 13.0. The van der Waals surface area contributed by atoms with Crippen molar-refractivity contribution < 1.29 is 24.2 Å². The zero-order valence-electron chi connectivity index (χ0n) is 14.0. The van der Waals surface area contributed by atoms with E-state index in [0.29, 0.717) is 12.0 Å². The highest BCUT2D eigenvalue weighted by Crippen LogP contribution is 2.54. The molecule has 0 aromatic heterocycles. The van der Waals surface area contributed by atoms with Gasteiger partial charge in [0.1, 0.15) is 11.9 Å². The van der Waals surface area contributed by atoms with E-state index in [1.54, 1.807) is 7.11 Å². The maximum atomic E-state index is 13.0. The van der Waals surface area contributed by atoms with Gasteiger partial charge in [-0.3, -0.25) is 4.79 Å². The lowest BCUT2D eigenvalue weighted by Gasteiger charge is -2.37. The average Bonchev–Trinajstić information content (AvgIpc) is 2.89. The molecule has 2 aliphatic carbocycles. The molecule has 0 spiro atoms. The van der Waals surface area contributed by atoms with E-state index in [1.165, 1.54) is 0 Å². The highest BCUT2D eigenvalue weighted by atomic mass is 16.7. The molecule has 0 radical (unpaired) electrons. The number of carbonyl (C=O) groups excluding carboxylic acids is 1. The second-order valence-corrected chi connectivity index (χ2v) is 6.82. The van der Waals surface area contributed by atoms with Gasteiger partial charge in [-0.25, -0.2) is 4.79 Å². The van der Waals surface area contributed by atoms with Crippen molar-refractivity contribution in [3.63, 3.8) is 0 Å². The third kappa shape index (κ3) is 2.22. The predicted molar refractivity (Wildman–Crippen MR) is 93.0 cm³/mol. The van der Waals surface area contributed by atoms with Crippen molar-refractivity contribution in [3.8, 4) is 5.75 Å². The summed E-state index contributed by atoms with van der Waals surface area (Å²) < 4.78 is 10.3. The van der Waals surface area contributed by atoms with E-state index in [4.69, 9.17) is 14.6 Å². The lowest BCUT2D eigenvalue weighted by Crippen LogP contribution is -2.38. The Kier molecular flexibility index (Phi) is 3.35. The molecule has 4 rings (SSSR count). The Morgan fingerprint density at radius 2 is 2.08 bits per heavy atom. The summed E-state index contributed by atoms with van der Waals surface area (Å²) in [7, 11) is 1.61. The first-order valence-electron chi connectivity index (χ1n) is 8.18. The first-order valence-corrected chi connectivity index (χ1v) is 8.18. The molecule has 5 heteroatoms. The summed E-state index contributed by atoms with van der Waals surface area (Å²) in [6.45, 7) is 1.92. The van der Waals surface area contributed by atoms with Gasteiger partial charge in [0.25, 0.3) is 0 Å². The van der Waals surface area contributed by atoms with E-state index < -0.39 is 17.7 Å². The second-order valence-electron chi connectivity index (χ2n) is 6.82. The maximum Gasteiger partial charge on any atom is 0.506 e. The van der Waals surface area contributed by atoms with Crippen LogP contribution in [0.1, 0.15) is 35.7 Å². The standard InChI is InChI=1S/C20H18O5/c1-20-10-16(21)18-13-6-4-12(24-2)9-11(13)3-5-14(18)15(20)7-8-17(20)25-19(22)23/h3-7,9,17H,8,10H2,1-2H3,(H,22,23)/t17-,20-/m0/s1. The van der Waals surface area contributed by atoms with E-state index in [-0.39, 0.29) is 12.2 Å². The molecule has 2 aromatic carbocycles. The van der Waals surface area contributed by atoms with E-state index in [9.17, 15) is 9.59 Å². The topological polar surface area (TPSA) is 72.8 Å². The highest BCUT2D eigenvalue weighted by molar-refractivity contribution is 6.15. The molecular weight excluding hydrogens is 320 g/mol. The molecule has 0 fully saturated rings. The Balaban J connectivity index is 1.87. The number of fused-ring (bicyclic) bond motifs is 5. The lowest BCUT2D eigenvalue weighted by molar-refractivity contribution is 0.0129. The van der Waals surface area contributed by atoms with Crippen LogP contribution >= 0.6 is 0 Å². The zero-order valence-corrected chi connectivity index (χ0v) is 14.0. The number of carbonyl (C=O) groups is 2. The van der Waals surface area contributed by atoms with Gasteiger partial charge in [-0.2, -0.15) is 0 Å². The molecule has 0 aliphatic heterocycles. The molecule has 2 atom stereocenters. The number of benzene rings is 2. The van der Waals surface area contributed by atoms with Crippen LogP contribution in [0.3, 0.4) is 0 Å². The summed E-state index contributed by atoms with van der Waals surface area (Å²) in [5.41, 5.74) is 1.99. The van der Waals surface area contributed by atoms with Gasteiger partial charge in [0.05, 0.1) is 7.11 Å². The van der Waals surface area contributed by atoms with Gasteiger partial charge in [0.2, 0.25) is 0 Å². The molecule has 0 amide bonds. The third-order valence-corrected chi connectivity index (χ3v) is 5.43. The average molecular weight is 338 g/mol. The number of hydrogen-bond acceptors (Lipinski definition) is 4. The number of methoxy groups -OCH3 is 1. The minimum absolute atomic E-state index is 0.0197. The fraction of sp³-hybridized carbons (Fsp3) is 0.300. The number of rotatable bonds is 2. The van der Waals surface area contributed by atoms with Gasteiger partial charge >= 0.3 is 6.16 Å². The molecular formula is C20H18O5. The molecule has 0 saturated carbocycles. The largest absolute Gasteiger partial charge is 0.506 e. The van der Waals surface area contributed by atoms with Crippen LogP contribution in [0.5, 0.6) is 5.75 Å². The molecule has 5 nitrogen and oxygen atoms in total. The van der Waals surface area contributed by atoms with Crippen molar-refractivity contribution in [1.82, 2.24) is 0 Å². The van der Waals surface area contributed by atoms with Crippen LogP contribution in [-0.2, 0) is 4.74 Å². The number of ether oxygens (including phenoxy) is 2. The minimum Gasteiger partial charge on any atom is -0.497 e. The van der Waals surface area contributed by atoms with Crippen LogP contribution in [0.4, 0.5) is 4.79 Å². The van der Waals surface area contributed by atoms with Crippen molar-refractivity contribution in [3.05, 3.63) is 47.5 Å². The Morgan fingerprint density at radius 1 is 1.28 bits per heavy atom. The van der Waals surface area contributed by atoms with Gasteiger partial charge in [-0.15, -0.1) is 0 Å². The smallest absolute Gasteiger partial charge is 0.497 e. The highest BCUT2D eigenvalue weighted by Gasteiger charge is 2.49. The molecule has 25 heavy (non-hydrogen) atoms. The summed E-state index contributed by atoms with van der Waals surface area (Å²) in [4.78, 5) is 24.0. The lowest BCUT2D eigenvalue weighted by atomic mass is 9.67. The summed E-state index contributed by atoms with van der Waals surface area (Å²) in [6.07, 6.45) is 0.919. The van der Waals surface area contributed by atoms with Crippen molar-refractivity contribution in [1.29, 1.82) is 0 Å². The van der Waals surface area contributed by atoms with Crippen LogP contribution in [0.2, 0.25) is 0 Å². The van der Waals surface area contributed by atoms with Crippen molar-refractivity contribution in [2.75, 3.05) is 7.11 Å². The molecule has 0 unspecified atom stereocenters. The Bertz CT molecular complexity index is 942. The monoisotopic (exact) mass is 338 g/mol. The molecule has 2 aliphatic rings. The molecule has 128 valence electrons. The third-order valence-electron chi connectivity index (χ3n) is 5.43. The summed E-state index contributed by atoms with van der Waals surface area (Å²) >= 11 is 0. The fourth-order valence-electron chi connectivity index (χ4n) is 4.20. The molecule has 1 N–H and O–H groups in total. The van der Waals surface area contributed by atoms with Crippen molar-refractivity contribution >= 4 is 28.3 Å². The van der Waals surface area contributed by atoms with Crippen LogP contribution in [-0.4, -0.2) is 30.3 Å². The van der Waals surface area contributed by atoms with Crippen molar-refractivity contribution in [2.24, 2.45) is 5.41 Å². The predicted octanol–water partition coefficient (Wildman–Crippen LogP) is 4.29. The Labute approximate surface area is 144 Å². The normalized spacial score (nSPS) is 24.5. The summed E-state index contributed by atoms with van der Waals surface area (Å²) in [5.74, 6) is 0.766. The van der Waals surface area contributed by atoms with Crippen LogP contribution in [0.25, 0.3) is 16.3 Å². The zero-order chi connectivity index (χ0) is 17.8. The number of ketones is 1. The van der Waals surface area contributed by atoms with Crippen LogP contribution in [0, 0.1) is 5.41 Å². The number of Topliss-reactive ketones (excluding diaryl/α,β-unsaturated/α-hetero) is 1. The number of carboxylic acid groups (broad SMARTS) is 1. The molecule has 0 heterocycles.